The monoisotopic (exact) mass is 600 g/mol. The molecule has 1 rings (SSSR count). The van der Waals surface area contributed by atoms with E-state index in [1.165, 1.54) is 70.6 Å². The van der Waals surface area contributed by atoms with Gasteiger partial charge in [-0.3, -0.25) is 13.8 Å². The molecule has 0 aromatic rings. The summed E-state index contributed by atoms with van der Waals surface area (Å²) in [5.41, 5.74) is 0. The summed E-state index contributed by atoms with van der Waals surface area (Å²) in [6.07, 6.45) is 5.23. The van der Waals surface area contributed by atoms with E-state index < -0.39 is 69.7 Å². The second-order valence-electron chi connectivity index (χ2n) is 10.8. The molecule has 0 radical (unpaired) electrons. The highest BCUT2D eigenvalue weighted by atomic mass is 31.2. The maximum Gasteiger partial charge on any atom is 0.472 e. The van der Waals surface area contributed by atoms with Crippen LogP contribution in [-0.4, -0.2) is 97.4 Å². The van der Waals surface area contributed by atoms with Crippen LogP contribution in [0, 0.1) is 0 Å². The zero-order chi connectivity index (χ0) is 30.0. The van der Waals surface area contributed by atoms with Gasteiger partial charge in [-0.15, -0.1) is 0 Å². The smallest absolute Gasteiger partial charge is 0.463 e. The zero-order valence-corrected chi connectivity index (χ0v) is 24.8. The van der Waals surface area contributed by atoms with Gasteiger partial charge in [-0.1, -0.05) is 96.8 Å². The largest absolute Gasteiger partial charge is 0.472 e. The minimum Gasteiger partial charge on any atom is -0.463 e. The molecule has 0 aliphatic heterocycles. The van der Waals surface area contributed by atoms with E-state index in [4.69, 9.17) is 4.74 Å². The molecular formula is C27H53O12P. The van der Waals surface area contributed by atoms with Gasteiger partial charge < -0.3 is 40.3 Å². The van der Waals surface area contributed by atoms with Crippen molar-refractivity contribution in [3.63, 3.8) is 0 Å². The van der Waals surface area contributed by atoms with E-state index >= 15 is 0 Å². The van der Waals surface area contributed by atoms with Gasteiger partial charge in [0.05, 0.1) is 6.61 Å². The first kappa shape index (κ1) is 37.4. The van der Waals surface area contributed by atoms with Crippen molar-refractivity contribution in [2.45, 2.75) is 152 Å². The van der Waals surface area contributed by atoms with Gasteiger partial charge in [0.15, 0.2) is 0 Å². The van der Waals surface area contributed by atoms with Crippen molar-refractivity contribution in [1.82, 2.24) is 0 Å². The minimum atomic E-state index is -4.98. The van der Waals surface area contributed by atoms with Crippen molar-refractivity contribution in [3.05, 3.63) is 0 Å². The molecule has 0 spiro atoms. The summed E-state index contributed by atoms with van der Waals surface area (Å²) in [6, 6.07) is 0. The summed E-state index contributed by atoms with van der Waals surface area (Å²) < 4.78 is 26.3. The van der Waals surface area contributed by atoms with Crippen molar-refractivity contribution in [2.24, 2.45) is 0 Å². The predicted molar refractivity (Wildman–Crippen MR) is 147 cm³/mol. The van der Waals surface area contributed by atoms with Crippen LogP contribution in [0.4, 0.5) is 0 Å². The number of aliphatic hydroxyl groups excluding tert-OH is 6. The van der Waals surface area contributed by atoms with Crippen LogP contribution in [0.3, 0.4) is 0 Å². The molecular weight excluding hydrogens is 547 g/mol. The number of hydrogen-bond acceptors (Lipinski definition) is 11. The van der Waals surface area contributed by atoms with Crippen LogP contribution in [0.15, 0.2) is 0 Å². The Morgan fingerprint density at radius 2 is 1.07 bits per heavy atom. The van der Waals surface area contributed by atoms with E-state index in [0.29, 0.717) is 6.42 Å². The summed E-state index contributed by atoms with van der Waals surface area (Å²) in [6.45, 7) is 0.989. The van der Waals surface area contributed by atoms with Crippen LogP contribution in [0.5, 0.6) is 0 Å². The first-order chi connectivity index (χ1) is 19.0. The average molecular weight is 601 g/mol. The van der Waals surface area contributed by atoms with Gasteiger partial charge in [-0.25, -0.2) is 4.57 Å². The molecule has 1 aliphatic carbocycles. The third kappa shape index (κ3) is 15.5. The lowest BCUT2D eigenvalue weighted by atomic mass is 9.85. The fraction of sp³-hybridized carbons (Fsp3) is 0.963. The number of ether oxygens (including phenoxy) is 1. The summed E-state index contributed by atoms with van der Waals surface area (Å²) >= 11 is 0. The molecule has 1 aliphatic rings. The lowest BCUT2D eigenvalue weighted by Crippen LogP contribution is -2.64. The Labute approximate surface area is 238 Å². The molecule has 40 heavy (non-hydrogen) atoms. The third-order valence-electron chi connectivity index (χ3n) is 7.18. The molecule has 13 heteroatoms. The Kier molecular flexibility index (Phi) is 19.7. The van der Waals surface area contributed by atoms with Gasteiger partial charge in [0.2, 0.25) is 0 Å². The number of phosphoric acid groups is 1. The molecule has 0 heterocycles. The number of rotatable bonds is 23. The summed E-state index contributed by atoms with van der Waals surface area (Å²) in [5, 5.41) is 58.5. The number of carbonyl (C=O) groups is 1. The van der Waals surface area contributed by atoms with Crippen molar-refractivity contribution >= 4 is 13.8 Å². The summed E-state index contributed by atoms with van der Waals surface area (Å²) in [4.78, 5) is 21.7. The molecule has 8 atom stereocenters. The highest BCUT2D eigenvalue weighted by molar-refractivity contribution is 7.47. The second kappa shape index (κ2) is 21.1. The molecule has 1 saturated carbocycles. The Morgan fingerprint density at radius 3 is 1.52 bits per heavy atom. The topological polar surface area (TPSA) is 203 Å². The normalized spacial score (nSPS) is 27.3. The summed E-state index contributed by atoms with van der Waals surface area (Å²) in [7, 11) is -4.98. The standard InChI is InChI=1S/C27H53O12P/c1-2-3-4-5-6-7-8-9-10-11-12-13-14-15-16-17-21(29)37-18-20(28)19-38-40(35,36)39-27-25(33)23(31)22(30)24(32)26(27)34/h20,22-28,30-34H,2-19H2,1H3,(H,35,36)/t20-,22?,23-,24?,25?,26?,27-/m1/s1. The molecule has 238 valence electrons. The van der Waals surface area contributed by atoms with E-state index in [0.717, 1.165) is 19.3 Å². The Hall–Kier alpha value is -0.660. The fourth-order valence-electron chi connectivity index (χ4n) is 4.64. The number of aliphatic hydroxyl groups is 6. The molecule has 12 nitrogen and oxygen atoms in total. The first-order valence-electron chi connectivity index (χ1n) is 14.9. The van der Waals surface area contributed by atoms with Crippen LogP contribution >= 0.6 is 7.82 Å². The molecule has 0 aromatic heterocycles. The van der Waals surface area contributed by atoms with E-state index in [-0.39, 0.29) is 6.42 Å². The Morgan fingerprint density at radius 1 is 0.675 bits per heavy atom. The van der Waals surface area contributed by atoms with E-state index in [9.17, 15) is 44.9 Å². The molecule has 5 unspecified atom stereocenters. The van der Waals surface area contributed by atoms with Crippen molar-refractivity contribution < 1.29 is 58.7 Å². The van der Waals surface area contributed by atoms with Crippen LogP contribution in [0.1, 0.15) is 110 Å². The number of phosphoric ester groups is 1. The minimum absolute atomic E-state index is 0.196. The summed E-state index contributed by atoms with van der Waals surface area (Å²) in [5.74, 6) is -0.507. The third-order valence-corrected chi connectivity index (χ3v) is 8.16. The van der Waals surface area contributed by atoms with Crippen molar-refractivity contribution in [1.29, 1.82) is 0 Å². The van der Waals surface area contributed by atoms with Gasteiger partial charge in [0, 0.05) is 6.42 Å². The van der Waals surface area contributed by atoms with Gasteiger partial charge in [0.25, 0.3) is 0 Å². The zero-order valence-electron chi connectivity index (χ0n) is 23.9. The lowest BCUT2D eigenvalue weighted by molar-refractivity contribution is -0.220. The van der Waals surface area contributed by atoms with Gasteiger partial charge in [0.1, 0.15) is 49.3 Å². The number of esters is 1. The molecule has 0 bridgehead atoms. The SMILES string of the molecule is CCCCCCCCCCCCCCCCCC(=O)OC[C@@H](O)COP(=O)(O)O[C@H]1C(O)C(O)C(O)[C@@H](O)C1O. The molecule has 0 saturated heterocycles. The van der Waals surface area contributed by atoms with Crippen LogP contribution in [0.2, 0.25) is 0 Å². The highest BCUT2D eigenvalue weighted by Crippen LogP contribution is 2.47. The van der Waals surface area contributed by atoms with Crippen LogP contribution in [-0.2, 0) is 23.1 Å². The maximum absolute atomic E-state index is 12.1. The Bertz CT molecular complexity index is 695. The van der Waals surface area contributed by atoms with Gasteiger partial charge in [-0.05, 0) is 6.42 Å². The van der Waals surface area contributed by atoms with Gasteiger partial charge >= 0.3 is 13.8 Å². The fourth-order valence-corrected chi connectivity index (χ4v) is 5.61. The Balaban J connectivity index is 2.06. The van der Waals surface area contributed by atoms with E-state index in [1.54, 1.807) is 0 Å². The molecule has 0 aromatic carbocycles. The first-order valence-corrected chi connectivity index (χ1v) is 16.4. The van der Waals surface area contributed by atoms with Crippen LogP contribution in [0.25, 0.3) is 0 Å². The van der Waals surface area contributed by atoms with Crippen LogP contribution < -0.4 is 0 Å². The molecule has 0 amide bonds. The van der Waals surface area contributed by atoms with Crippen molar-refractivity contribution in [2.75, 3.05) is 13.2 Å². The molecule has 1 fully saturated rings. The van der Waals surface area contributed by atoms with E-state index in [1.807, 2.05) is 0 Å². The van der Waals surface area contributed by atoms with Crippen molar-refractivity contribution in [3.8, 4) is 0 Å². The quantitative estimate of drug-likeness (QED) is 0.0513. The molecule has 7 N–H and O–H groups in total. The number of hydrogen-bond donors (Lipinski definition) is 7. The lowest BCUT2D eigenvalue weighted by Gasteiger charge is -2.41. The average Bonchev–Trinajstić information content (AvgIpc) is 2.93. The maximum atomic E-state index is 12.1. The number of carbonyl (C=O) groups excluding carboxylic acids is 1. The van der Waals surface area contributed by atoms with Gasteiger partial charge in [-0.2, -0.15) is 0 Å². The second-order valence-corrected chi connectivity index (χ2v) is 12.2. The highest BCUT2D eigenvalue weighted by Gasteiger charge is 2.51. The predicted octanol–water partition coefficient (Wildman–Crippen LogP) is 2.47. The van der Waals surface area contributed by atoms with E-state index in [2.05, 4.69) is 16.0 Å². The number of unbranched alkanes of at least 4 members (excludes halogenated alkanes) is 14.